The number of ether oxygens (including phenoxy) is 1. The van der Waals surface area contributed by atoms with E-state index in [0.29, 0.717) is 18.0 Å². The number of alkyl carbamates (subject to hydrolysis) is 1. The van der Waals surface area contributed by atoms with Crippen molar-refractivity contribution in [2.45, 2.75) is 25.4 Å². The van der Waals surface area contributed by atoms with Crippen LogP contribution in [-0.4, -0.2) is 33.0 Å². The summed E-state index contributed by atoms with van der Waals surface area (Å²) in [5.74, 6) is -1.43. The summed E-state index contributed by atoms with van der Waals surface area (Å²) < 4.78 is 43.2. The van der Waals surface area contributed by atoms with Crippen molar-refractivity contribution in [1.82, 2.24) is 15.1 Å². The second kappa shape index (κ2) is 7.69. The second-order valence-corrected chi connectivity index (χ2v) is 5.05. The highest BCUT2D eigenvalue weighted by molar-refractivity contribution is 5.79. The molecule has 1 aromatic carbocycles. The van der Waals surface area contributed by atoms with Crippen molar-refractivity contribution in [3.63, 3.8) is 0 Å². The largest absolute Gasteiger partial charge is 0.480 e. The quantitative estimate of drug-likeness (QED) is 0.827. The fourth-order valence-corrected chi connectivity index (χ4v) is 1.89. The Labute approximate surface area is 140 Å². The molecule has 2 rings (SSSR count). The SMILES string of the molecule is O=C(NC(Cn1cc(C(F)(F)F)cn1)C(=O)O)OCc1ccccc1. The van der Waals surface area contributed by atoms with E-state index in [-0.39, 0.29) is 6.61 Å². The summed E-state index contributed by atoms with van der Waals surface area (Å²) in [6, 6.07) is 7.20. The molecule has 0 aliphatic carbocycles. The van der Waals surface area contributed by atoms with E-state index in [1.165, 1.54) is 0 Å². The summed E-state index contributed by atoms with van der Waals surface area (Å²) in [7, 11) is 0. The van der Waals surface area contributed by atoms with Crippen LogP contribution in [0.15, 0.2) is 42.7 Å². The first-order valence-corrected chi connectivity index (χ1v) is 7.05. The number of halogens is 3. The van der Waals surface area contributed by atoms with Crippen LogP contribution in [0, 0.1) is 0 Å². The molecule has 0 aliphatic heterocycles. The maximum atomic E-state index is 12.5. The third kappa shape index (κ3) is 5.52. The van der Waals surface area contributed by atoms with E-state index in [1.807, 2.05) is 0 Å². The number of aromatic nitrogens is 2. The number of carboxylic acid groups (broad SMARTS) is 1. The van der Waals surface area contributed by atoms with Crippen molar-refractivity contribution in [3.8, 4) is 0 Å². The van der Waals surface area contributed by atoms with Gasteiger partial charge in [-0.25, -0.2) is 9.59 Å². The molecular formula is C15H14F3N3O4. The molecule has 1 atom stereocenters. The van der Waals surface area contributed by atoms with Crippen LogP contribution in [0.2, 0.25) is 0 Å². The fraction of sp³-hybridized carbons (Fsp3) is 0.267. The first-order valence-electron chi connectivity index (χ1n) is 7.05. The molecule has 2 aromatic rings. The van der Waals surface area contributed by atoms with Gasteiger partial charge in [0.15, 0.2) is 0 Å². The van der Waals surface area contributed by atoms with E-state index in [0.717, 1.165) is 4.68 Å². The zero-order valence-corrected chi connectivity index (χ0v) is 12.7. The standard InChI is InChI=1S/C15H14F3N3O4/c16-15(17,18)11-6-19-21(7-11)8-12(13(22)23)20-14(24)25-9-10-4-2-1-3-5-10/h1-7,12H,8-9H2,(H,20,24)(H,22,23). The number of alkyl halides is 3. The Hall–Kier alpha value is -3.04. The lowest BCUT2D eigenvalue weighted by Gasteiger charge is -2.14. The van der Waals surface area contributed by atoms with Crippen LogP contribution < -0.4 is 5.32 Å². The Kier molecular flexibility index (Phi) is 5.63. The van der Waals surface area contributed by atoms with Crippen LogP contribution in [0.25, 0.3) is 0 Å². The average molecular weight is 357 g/mol. The number of amides is 1. The molecule has 1 amide bonds. The first-order chi connectivity index (χ1) is 11.8. The number of carbonyl (C=O) groups excluding carboxylic acids is 1. The molecule has 134 valence electrons. The van der Waals surface area contributed by atoms with Gasteiger partial charge in [-0.3, -0.25) is 4.68 Å². The van der Waals surface area contributed by atoms with Crippen LogP contribution in [0.5, 0.6) is 0 Å². The number of hydrogen-bond acceptors (Lipinski definition) is 4. The summed E-state index contributed by atoms with van der Waals surface area (Å²) >= 11 is 0. The topological polar surface area (TPSA) is 93.5 Å². The molecule has 10 heteroatoms. The maximum Gasteiger partial charge on any atom is 0.419 e. The molecule has 0 spiro atoms. The molecule has 7 nitrogen and oxygen atoms in total. The van der Waals surface area contributed by atoms with E-state index < -0.39 is 36.4 Å². The van der Waals surface area contributed by atoms with Crippen LogP contribution in [0.4, 0.5) is 18.0 Å². The number of nitrogens with one attached hydrogen (secondary N) is 1. The highest BCUT2D eigenvalue weighted by atomic mass is 19.4. The monoisotopic (exact) mass is 357 g/mol. The van der Waals surface area contributed by atoms with Crippen molar-refractivity contribution in [1.29, 1.82) is 0 Å². The highest BCUT2D eigenvalue weighted by Crippen LogP contribution is 2.28. The molecule has 1 heterocycles. The third-order valence-electron chi connectivity index (χ3n) is 3.13. The number of carboxylic acids is 1. The predicted octanol–water partition coefficient (Wildman–Crippen LogP) is 2.28. The minimum atomic E-state index is -4.58. The van der Waals surface area contributed by atoms with E-state index in [4.69, 9.17) is 9.84 Å². The Bertz CT molecular complexity index is 731. The molecule has 0 aliphatic rings. The molecule has 0 saturated heterocycles. The summed E-state index contributed by atoms with van der Waals surface area (Å²) in [5.41, 5.74) is -0.310. The summed E-state index contributed by atoms with van der Waals surface area (Å²) in [4.78, 5) is 22.9. The van der Waals surface area contributed by atoms with Gasteiger partial charge in [0.1, 0.15) is 12.6 Å². The maximum absolute atomic E-state index is 12.5. The molecule has 0 bridgehead atoms. The summed E-state index contributed by atoms with van der Waals surface area (Å²) in [5, 5.41) is 14.6. The van der Waals surface area contributed by atoms with Crippen molar-refractivity contribution >= 4 is 12.1 Å². The fourth-order valence-electron chi connectivity index (χ4n) is 1.89. The van der Waals surface area contributed by atoms with E-state index in [9.17, 15) is 22.8 Å². The van der Waals surface area contributed by atoms with Crippen molar-refractivity contribution in [3.05, 3.63) is 53.9 Å². The Morgan fingerprint density at radius 2 is 1.96 bits per heavy atom. The van der Waals surface area contributed by atoms with Crippen LogP contribution >= 0.6 is 0 Å². The molecule has 1 unspecified atom stereocenters. The van der Waals surface area contributed by atoms with Gasteiger partial charge in [-0.1, -0.05) is 30.3 Å². The lowest BCUT2D eigenvalue weighted by molar-refractivity contribution is -0.139. The lowest BCUT2D eigenvalue weighted by Crippen LogP contribution is -2.44. The van der Waals surface area contributed by atoms with E-state index >= 15 is 0 Å². The Balaban J connectivity index is 1.93. The van der Waals surface area contributed by atoms with Crippen molar-refractivity contribution < 1.29 is 32.6 Å². The van der Waals surface area contributed by atoms with Gasteiger partial charge in [0.05, 0.1) is 18.3 Å². The Morgan fingerprint density at radius 3 is 2.52 bits per heavy atom. The average Bonchev–Trinajstić information content (AvgIpc) is 3.02. The van der Waals surface area contributed by atoms with Crippen LogP contribution in [0.1, 0.15) is 11.1 Å². The molecule has 25 heavy (non-hydrogen) atoms. The minimum Gasteiger partial charge on any atom is -0.480 e. The van der Waals surface area contributed by atoms with Gasteiger partial charge in [0.25, 0.3) is 0 Å². The van der Waals surface area contributed by atoms with Gasteiger partial charge in [-0.05, 0) is 5.56 Å². The number of rotatable bonds is 6. The van der Waals surface area contributed by atoms with Gasteiger partial charge in [0.2, 0.25) is 0 Å². The van der Waals surface area contributed by atoms with Crippen molar-refractivity contribution in [2.75, 3.05) is 0 Å². The third-order valence-corrected chi connectivity index (χ3v) is 3.13. The van der Waals surface area contributed by atoms with E-state index in [2.05, 4.69) is 10.4 Å². The summed E-state index contributed by atoms with van der Waals surface area (Å²) in [6.07, 6.45) is -4.35. The lowest BCUT2D eigenvalue weighted by atomic mass is 10.2. The zero-order chi connectivity index (χ0) is 18.4. The van der Waals surface area contributed by atoms with Crippen molar-refractivity contribution in [2.24, 2.45) is 0 Å². The second-order valence-electron chi connectivity index (χ2n) is 5.05. The molecule has 0 radical (unpaired) electrons. The van der Waals surface area contributed by atoms with Gasteiger partial charge >= 0.3 is 18.2 Å². The molecule has 1 aromatic heterocycles. The first kappa shape index (κ1) is 18.3. The van der Waals surface area contributed by atoms with E-state index in [1.54, 1.807) is 30.3 Å². The molecule has 0 saturated carbocycles. The smallest absolute Gasteiger partial charge is 0.419 e. The van der Waals surface area contributed by atoms with Gasteiger partial charge < -0.3 is 15.2 Å². The predicted molar refractivity (Wildman–Crippen MR) is 78.4 cm³/mol. The minimum absolute atomic E-state index is 0.0704. The number of nitrogens with zero attached hydrogens (tertiary/aromatic N) is 2. The number of benzene rings is 1. The van der Waals surface area contributed by atoms with Gasteiger partial charge in [0, 0.05) is 6.20 Å². The van der Waals surface area contributed by atoms with Gasteiger partial charge in [-0.2, -0.15) is 18.3 Å². The highest BCUT2D eigenvalue weighted by Gasteiger charge is 2.32. The van der Waals surface area contributed by atoms with Crippen LogP contribution in [-0.2, 0) is 28.9 Å². The molecule has 0 fully saturated rings. The number of aliphatic carboxylic acids is 1. The van der Waals surface area contributed by atoms with Gasteiger partial charge in [-0.15, -0.1) is 0 Å². The summed E-state index contributed by atoms with van der Waals surface area (Å²) in [6.45, 7) is -0.551. The zero-order valence-electron chi connectivity index (χ0n) is 12.7. The normalized spacial score (nSPS) is 12.4. The molecular weight excluding hydrogens is 343 g/mol. The molecule has 2 N–H and O–H groups in total. The Morgan fingerprint density at radius 1 is 1.28 bits per heavy atom. The van der Waals surface area contributed by atoms with Crippen LogP contribution in [0.3, 0.4) is 0 Å². The number of carbonyl (C=O) groups is 2. The number of hydrogen-bond donors (Lipinski definition) is 2.